The molecule has 20 heavy (non-hydrogen) atoms. The molecule has 0 saturated carbocycles. The molecule has 0 unspecified atom stereocenters. The highest BCUT2D eigenvalue weighted by Crippen LogP contribution is 2.28. The van der Waals surface area contributed by atoms with E-state index in [1.807, 2.05) is 0 Å². The van der Waals surface area contributed by atoms with Gasteiger partial charge in [-0.05, 0) is 32.0 Å². The number of alkyl halides is 3. The third-order valence-corrected chi connectivity index (χ3v) is 4.83. The molecule has 1 aromatic carbocycles. The van der Waals surface area contributed by atoms with Gasteiger partial charge in [0.2, 0.25) is 10.0 Å². The lowest BCUT2D eigenvalue weighted by molar-refractivity contribution is -0.138. The van der Waals surface area contributed by atoms with E-state index in [1.54, 1.807) is 0 Å². The fraction of sp³-hybridized carbons (Fsp3) is 0.455. The van der Waals surface area contributed by atoms with E-state index in [0.29, 0.717) is 4.31 Å². The van der Waals surface area contributed by atoms with Gasteiger partial charge in [-0.3, -0.25) is 0 Å². The van der Waals surface area contributed by atoms with Crippen LogP contribution in [0.1, 0.15) is 13.8 Å². The molecule has 0 aliphatic carbocycles. The summed E-state index contributed by atoms with van der Waals surface area (Å²) in [6.07, 6.45) is -4.63. The van der Waals surface area contributed by atoms with Gasteiger partial charge in [-0.1, -0.05) is 11.6 Å². The number of nitrogens with two attached hydrogens (primary N) is 1. The predicted molar refractivity (Wildman–Crippen MR) is 70.9 cm³/mol. The van der Waals surface area contributed by atoms with Crippen molar-refractivity contribution >= 4 is 27.3 Å². The summed E-state index contributed by atoms with van der Waals surface area (Å²) in [5.74, 6) is 0. The molecule has 0 heterocycles. The van der Waals surface area contributed by atoms with Gasteiger partial charge in [0, 0.05) is 6.04 Å². The highest BCUT2D eigenvalue weighted by atomic mass is 35.5. The smallest absolute Gasteiger partial charge is 0.398 e. The van der Waals surface area contributed by atoms with E-state index < -0.39 is 28.8 Å². The summed E-state index contributed by atoms with van der Waals surface area (Å²) in [5.41, 5.74) is 5.60. The van der Waals surface area contributed by atoms with Crippen LogP contribution in [-0.2, 0) is 10.0 Å². The molecular weight excluding hydrogens is 317 g/mol. The second-order valence-corrected chi connectivity index (χ2v) is 6.74. The molecule has 0 radical (unpaired) electrons. The van der Waals surface area contributed by atoms with Gasteiger partial charge in [0.1, 0.15) is 6.54 Å². The molecule has 4 nitrogen and oxygen atoms in total. The number of hydrogen-bond acceptors (Lipinski definition) is 3. The van der Waals surface area contributed by atoms with Crippen LogP contribution >= 0.6 is 11.6 Å². The monoisotopic (exact) mass is 330 g/mol. The molecule has 1 aromatic rings. The standard InChI is InChI=1S/C11H14ClF3N2O2S/c1-7(2)17(6-11(13,14)15)20(18,19)8-3-4-10(16)9(12)5-8/h3-5,7H,6,16H2,1-2H3. The van der Waals surface area contributed by atoms with Crippen LogP contribution in [0.25, 0.3) is 0 Å². The Kier molecular flexibility index (Phi) is 4.94. The summed E-state index contributed by atoms with van der Waals surface area (Å²) in [6, 6.07) is 2.56. The molecule has 0 bridgehead atoms. The second-order valence-electron chi connectivity index (χ2n) is 4.44. The largest absolute Gasteiger partial charge is 0.402 e. The van der Waals surface area contributed by atoms with Crippen LogP contribution in [0.5, 0.6) is 0 Å². The van der Waals surface area contributed by atoms with Gasteiger partial charge in [0.25, 0.3) is 0 Å². The molecule has 114 valence electrons. The van der Waals surface area contributed by atoms with Crippen molar-refractivity contribution in [1.82, 2.24) is 4.31 Å². The van der Waals surface area contributed by atoms with Gasteiger partial charge in [-0.2, -0.15) is 17.5 Å². The molecule has 2 N–H and O–H groups in total. The van der Waals surface area contributed by atoms with E-state index in [2.05, 4.69) is 0 Å². The van der Waals surface area contributed by atoms with Crippen LogP contribution in [0.4, 0.5) is 18.9 Å². The average molecular weight is 331 g/mol. The van der Waals surface area contributed by atoms with Crippen LogP contribution in [0.3, 0.4) is 0 Å². The molecule has 0 spiro atoms. The first kappa shape index (κ1) is 17.1. The van der Waals surface area contributed by atoms with Gasteiger partial charge in [-0.25, -0.2) is 8.42 Å². The normalized spacial score (nSPS) is 13.2. The molecule has 0 amide bonds. The lowest BCUT2D eigenvalue weighted by atomic mass is 10.3. The summed E-state index contributed by atoms with van der Waals surface area (Å²) in [6.45, 7) is 1.17. The maximum absolute atomic E-state index is 12.5. The maximum atomic E-state index is 12.5. The molecule has 1 rings (SSSR count). The zero-order chi connectivity index (χ0) is 15.7. The summed E-state index contributed by atoms with van der Waals surface area (Å²) in [7, 11) is -4.30. The topological polar surface area (TPSA) is 63.4 Å². The highest BCUT2D eigenvalue weighted by Gasteiger charge is 2.38. The van der Waals surface area contributed by atoms with Crippen LogP contribution in [0.2, 0.25) is 5.02 Å². The zero-order valence-electron chi connectivity index (χ0n) is 10.8. The van der Waals surface area contributed by atoms with E-state index in [0.717, 1.165) is 12.1 Å². The third-order valence-electron chi connectivity index (χ3n) is 2.49. The molecule has 0 aliphatic heterocycles. The highest BCUT2D eigenvalue weighted by molar-refractivity contribution is 7.89. The van der Waals surface area contributed by atoms with E-state index in [-0.39, 0.29) is 15.6 Å². The second kappa shape index (κ2) is 5.79. The lowest BCUT2D eigenvalue weighted by Crippen LogP contribution is -2.43. The molecule has 0 saturated heterocycles. The van der Waals surface area contributed by atoms with Crippen molar-refractivity contribution in [3.8, 4) is 0 Å². The third kappa shape index (κ3) is 4.00. The first-order chi connectivity index (χ1) is 8.95. The van der Waals surface area contributed by atoms with Crippen molar-refractivity contribution in [1.29, 1.82) is 0 Å². The van der Waals surface area contributed by atoms with Crippen LogP contribution in [0.15, 0.2) is 23.1 Å². The fourth-order valence-electron chi connectivity index (χ4n) is 1.53. The van der Waals surface area contributed by atoms with E-state index >= 15 is 0 Å². The number of sulfonamides is 1. The Hall–Kier alpha value is -0.990. The van der Waals surface area contributed by atoms with Gasteiger partial charge in [0.15, 0.2) is 0 Å². The van der Waals surface area contributed by atoms with Crippen molar-refractivity contribution in [2.24, 2.45) is 0 Å². The number of nitrogens with zero attached hydrogens (tertiary/aromatic N) is 1. The van der Waals surface area contributed by atoms with Gasteiger partial charge in [0.05, 0.1) is 15.6 Å². The Morgan fingerprint density at radius 3 is 2.30 bits per heavy atom. The Labute approximate surface area is 120 Å². The lowest BCUT2D eigenvalue weighted by Gasteiger charge is -2.26. The van der Waals surface area contributed by atoms with Gasteiger partial charge < -0.3 is 5.73 Å². The Bertz CT molecular complexity index is 588. The Morgan fingerprint density at radius 1 is 1.35 bits per heavy atom. The fourth-order valence-corrected chi connectivity index (χ4v) is 3.42. The van der Waals surface area contributed by atoms with Crippen molar-refractivity contribution in [2.45, 2.75) is 31.0 Å². The molecule has 9 heteroatoms. The quantitative estimate of drug-likeness (QED) is 0.863. The SMILES string of the molecule is CC(C)N(CC(F)(F)F)S(=O)(=O)c1ccc(N)c(Cl)c1. The number of halogens is 4. The maximum Gasteiger partial charge on any atom is 0.402 e. The summed E-state index contributed by atoms with van der Waals surface area (Å²) < 4.78 is 62.4. The predicted octanol–water partition coefficient (Wildman–Crippen LogP) is 2.88. The summed E-state index contributed by atoms with van der Waals surface area (Å²) >= 11 is 5.71. The Morgan fingerprint density at radius 2 is 1.90 bits per heavy atom. The molecular formula is C11H14ClF3N2O2S. The van der Waals surface area contributed by atoms with Gasteiger partial charge in [-0.15, -0.1) is 0 Å². The average Bonchev–Trinajstić information content (AvgIpc) is 2.28. The minimum Gasteiger partial charge on any atom is -0.398 e. The minimum absolute atomic E-state index is 0.0261. The van der Waals surface area contributed by atoms with Crippen molar-refractivity contribution in [3.63, 3.8) is 0 Å². The Balaban J connectivity index is 3.26. The van der Waals surface area contributed by atoms with Crippen molar-refractivity contribution < 1.29 is 21.6 Å². The van der Waals surface area contributed by atoms with E-state index in [4.69, 9.17) is 17.3 Å². The van der Waals surface area contributed by atoms with Crippen LogP contribution in [0, 0.1) is 0 Å². The molecule has 0 atom stereocenters. The molecule has 0 aliphatic rings. The van der Waals surface area contributed by atoms with Crippen molar-refractivity contribution in [2.75, 3.05) is 12.3 Å². The first-order valence-electron chi connectivity index (χ1n) is 5.59. The minimum atomic E-state index is -4.63. The number of benzene rings is 1. The van der Waals surface area contributed by atoms with Crippen molar-refractivity contribution in [3.05, 3.63) is 23.2 Å². The van der Waals surface area contributed by atoms with E-state index in [1.165, 1.54) is 19.9 Å². The van der Waals surface area contributed by atoms with Crippen LogP contribution in [-0.4, -0.2) is 31.5 Å². The van der Waals surface area contributed by atoms with E-state index in [9.17, 15) is 21.6 Å². The number of hydrogen-bond donors (Lipinski definition) is 1. The number of nitrogen functional groups attached to an aromatic ring is 1. The summed E-state index contributed by atoms with van der Waals surface area (Å²) in [5, 5.41) is -0.0261. The van der Waals surface area contributed by atoms with Gasteiger partial charge >= 0.3 is 6.18 Å². The number of anilines is 1. The zero-order valence-corrected chi connectivity index (χ0v) is 12.4. The molecule has 0 aromatic heterocycles. The van der Waals surface area contributed by atoms with Crippen LogP contribution < -0.4 is 5.73 Å². The number of rotatable bonds is 4. The first-order valence-corrected chi connectivity index (χ1v) is 7.40. The summed E-state index contributed by atoms with van der Waals surface area (Å²) in [4.78, 5) is -0.324. The molecule has 0 fully saturated rings.